The summed E-state index contributed by atoms with van der Waals surface area (Å²) in [5, 5.41) is 0. The molecule has 4 heteroatoms. The molecule has 1 N–H and O–H groups in total. The summed E-state index contributed by atoms with van der Waals surface area (Å²) in [6.45, 7) is 5.31. The lowest BCUT2D eigenvalue weighted by Gasteiger charge is -2.06. The Labute approximate surface area is 112 Å². The molecule has 0 bridgehead atoms. The Morgan fingerprint density at radius 2 is 2.11 bits per heavy atom. The van der Waals surface area contributed by atoms with Crippen LogP contribution < -0.4 is 0 Å². The third-order valence-corrected chi connectivity index (χ3v) is 3.50. The third kappa shape index (κ3) is 2.80. The summed E-state index contributed by atoms with van der Waals surface area (Å²) in [4.78, 5) is 2.95. The van der Waals surface area contributed by atoms with Gasteiger partial charge in [0.05, 0.1) is 5.52 Å². The largest absolute Gasteiger partial charge is 0.328 e. The van der Waals surface area contributed by atoms with Crippen LogP contribution in [0, 0.1) is 16.5 Å². The molecule has 1 aromatic carbocycles. The van der Waals surface area contributed by atoms with Gasteiger partial charge in [-0.05, 0) is 36.7 Å². The van der Waals surface area contributed by atoms with Gasteiger partial charge in [-0.3, -0.25) is 0 Å². The highest BCUT2D eigenvalue weighted by atomic mass is 32.1. The maximum absolute atomic E-state index is 13.6. The van der Waals surface area contributed by atoms with Gasteiger partial charge in [0.25, 0.3) is 0 Å². The van der Waals surface area contributed by atoms with Gasteiger partial charge in [0.1, 0.15) is 11.3 Å². The fourth-order valence-electron chi connectivity index (χ4n) is 2.19. The molecule has 0 spiro atoms. The highest BCUT2D eigenvalue weighted by Crippen LogP contribution is 2.18. The molecule has 1 aromatic heterocycles. The average molecular weight is 266 g/mol. The number of fused-ring (bicyclic) bond motifs is 1. The number of aromatic amines is 1. The Balaban J connectivity index is 2.16. The molecule has 2 aromatic rings. The lowest BCUT2D eigenvalue weighted by Crippen LogP contribution is -1.99. The second kappa shape index (κ2) is 5.65. The maximum Gasteiger partial charge on any atom is 0.178 e. The molecular weight excluding hydrogens is 247 g/mol. The maximum atomic E-state index is 13.6. The van der Waals surface area contributed by atoms with Crippen LogP contribution in [-0.2, 0) is 6.54 Å². The average Bonchev–Trinajstić information content (AvgIpc) is 2.63. The van der Waals surface area contributed by atoms with Crippen LogP contribution in [0.5, 0.6) is 0 Å². The summed E-state index contributed by atoms with van der Waals surface area (Å²) in [5.41, 5.74) is 1.39. The number of rotatable bonds is 5. The second-order valence-electron chi connectivity index (χ2n) is 5.11. The molecule has 0 saturated carbocycles. The van der Waals surface area contributed by atoms with Crippen molar-refractivity contribution in [2.45, 2.75) is 39.7 Å². The van der Waals surface area contributed by atoms with E-state index in [0.717, 1.165) is 24.4 Å². The predicted octanol–water partition coefficient (Wildman–Crippen LogP) is 4.66. The van der Waals surface area contributed by atoms with Crippen LogP contribution in [0.4, 0.5) is 4.39 Å². The molecular formula is C14H19FN2S. The summed E-state index contributed by atoms with van der Waals surface area (Å²) >= 11 is 5.25. The first-order valence-corrected chi connectivity index (χ1v) is 6.87. The minimum absolute atomic E-state index is 0.237. The van der Waals surface area contributed by atoms with Crippen molar-refractivity contribution < 1.29 is 4.39 Å². The van der Waals surface area contributed by atoms with E-state index in [9.17, 15) is 4.39 Å². The standard InChI is InChI=1S/C14H19FN2S/c1-10(2)6-3-4-9-17-12-8-5-7-11(15)13(12)16-14(17)18/h5,7-8,10H,3-4,6,9H2,1-2H3,(H,16,18). The SMILES string of the molecule is CC(C)CCCCn1c(=S)[nH]c2c(F)cccc21. The van der Waals surface area contributed by atoms with Crippen molar-refractivity contribution in [3.8, 4) is 0 Å². The fraction of sp³-hybridized carbons (Fsp3) is 0.500. The van der Waals surface area contributed by atoms with Crippen molar-refractivity contribution in [1.82, 2.24) is 9.55 Å². The zero-order chi connectivity index (χ0) is 13.1. The van der Waals surface area contributed by atoms with Crippen LogP contribution in [0.3, 0.4) is 0 Å². The van der Waals surface area contributed by atoms with E-state index < -0.39 is 0 Å². The lowest BCUT2D eigenvalue weighted by atomic mass is 10.1. The number of unbranched alkanes of at least 4 members (excludes halogenated alkanes) is 1. The van der Waals surface area contributed by atoms with Gasteiger partial charge in [-0.2, -0.15) is 0 Å². The van der Waals surface area contributed by atoms with Crippen LogP contribution >= 0.6 is 12.2 Å². The van der Waals surface area contributed by atoms with E-state index in [4.69, 9.17) is 12.2 Å². The van der Waals surface area contributed by atoms with Crippen molar-refractivity contribution in [3.05, 3.63) is 28.8 Å². The molecule has 0 aliphatic rings. The van der Waals surface area contributed by atoms with Gasteiger partial charge < -0.3 is 9.55 Å². The van der Waals surface area contributed by atoms with Crippen LogP contribution in [0.2, 0.25) is 0 Å². The zero-order valence-corrected chi connectivity index (χ0v) is 11.7. The normalized spacial score (nSPS) is 11.6. The van der Waals surface area contributed by atoms with Crippen molar-refractivity contribution >= 4 is 23.3 Å². The summed E-state index contributed by atoms with van der Waals surface area (Å²) < 4.78 is 16.2. The molecule has 2 rings (SSSR count). The van der Waals surface area contributed by atoms with Crippen LogP contribution in [0.1, 0.15) is 33.1 Å². The molecule has 1 heterocycles. The minimum atomic E-state index is -0.237. The van der Waals surface area contributed by atoms with E-state index >= 15 is 0 Å². The predicted molar refractivity (Wildman–Crippen MR) is 75.8 cm³/mol. The topological polar surface area (TPSA) is 20.7 Å². The number of para-hydroxylation sites is 1. The van der Waals surface area contributed by atoms with Gasteiger partial charge >= 0.3 is 0 Å². The number of hydrogen-bond acceptors (Lipinski definition) is 1. The number of aromatic nitrogens is 2. The van der Waals surface area contributed by atoms with E-state index in [-0.39, 0.29) is 5.82 Å². The second-order valence-corrected chi connectivity index (χ2v) is 5.49. The number of H-pyrrole nitrogens is 1. The highest BCUT2D eigenvalue weighted by molar-refractivity contribution is 7.71. The summed E-state index contributed by atoms with van der Waals surface area (Å²) in [6.07, 6.45) is 3.49. The molecule has 0 saturated heterocycles. The number of imidazole rings is 1. The Kier molecular flexibility index (Phi) is 4.17. The number of nitrogens with one attached hydrogen (secondary N) is 1. The lowest BCUT2D eigenvalue weighted by molar-refractivity contribution is 0.511. The molecule has 0 fully saturated rings. The molecule has 18 heavy (non-hydrogen) atoms. The molecule has 98 valence electrons. The van der Waals surface area contributed by atoms with Crippen molar-refractivity contribution in [2.24, 2.45) is 5.92 Å². The van der Waals surface area contributed by atoms with Gasteiger partial charge in [0.2, 0.25) is 0 Å². The van der Waals surface area contributed by atoms with E-state index in [2.05, 4.69) is 18.8 Å². The first-order valence-electron chi connectivity index (χ1n) is 6.46. The summed E-state index contributed by atoms with van der Waals surface area (Å²) in [6, 6.07) is 5.09. The molecule has 0 atom stereocenters. The molecule has 0 radical (unpaired) electrons. The van der Waals surface area contributed by atoms with Crippen LogP contribution in [-0.4, -0.2) is 9.55 Å². The molecule has 0 aliphatic carbocycles. The molecule has 2 nitrogen and oxygen atoms in total. The molecule has 0 aliphatic heterocycles. The Bertz CT molecular complexity index is 583. The molecule has 0 amide bonds. The smallest absolute Gasteiger partial charge is 0.178 e. The van der Waals surface area contributed by atoms with Crippen LogP contribution in [0.25, 0.3) is 11.0 Å². The van der Waals surface area contributed by atoms with Crippen molar-refractivity contribution in [2.75, 3.05) is 0 Å². The summed E-state index contributed by atoms with van der Waals surface area (Å²) in [7, 11) is 0. The number of nitrogens with zero attached hydrogens (tertiary/aromatic N) is 1. The third-order valence-electron chi connectivity index (χ3n) is 3.17. The van der Waals surface area contributed by atoms with Crippen LogP contribution in [0.15, 0.2) is 18.2 Å². The Morgan fingerprint density at radius 1 is 1.33 bits per heavy atom. The number of hydrogen-bond donors (Lipinski definition) is 1. The van der Waals surface area contributed by atoms with E-state index in [0.29, 0.717) is 10.3 Å². The van der Waals surface area contributed by atoms with Gasteiger partial charge in [0, 0.05) is 6.54 Å². The van der Waals surface area contributed by atoms with E-state index in [1.54, 1.807) is 6.07 Å². The zero-order valence-electron chi connectivity index (χ0n) is 10.9. The number of aryl methyl sites for hydroxylation is 1. The van der Waals surface area contributed by atoms with E-state index in [1.165, 1.54) is 18.9 Å². The minimum Gasteiger partial charge on any atom is -0.328 e. The fourth-order valence-corrected chi connectivity index (χ4v) is 2.48. The number of halogens is 1. The van der Waals surface area contributed by atoms with E-state index in [1.807, 2.05) is 10.6 Å². The quantitative estimate of drug-likeness (QED) is 0.616. The summed E-state index contributed by atoms with van der Waals surface area (Å²) in [5.74, 6) is 0.498. The van der Waals surface area contributed by atoms with Gasteiger partial charge in [-0.1, -0.05) is 32.8 Å². The first kappa shape index (κ1) is 13.3. The van der Waals surface area contributed by atoms with Gasteiger partial charge in [-0.25, -0.2) is 4.39 Å². The van der Waals surface area contributed by atoms with Gasteiger partial charge in [0.15, 0.2) is 4.77 Å². The Morgan fingerprint density at radius 3 is 2.83 bits per heavy atom. The highest BCUT2D eigenvalue weighted by Gasteiger charge is 2.07. The molecule has 0 unspecified atom stereocenters. The monoisotopic (exact) mass is 266 g/mol. The number of benzene rings is 1. The van der Waals surface area contributed by atoms with Crippen molar-refractivity contribution in [1.29, 1.82) is 0 Å². The van der Waals surface area contributed by atoms with Crippen molar-refractivity contribution in [3.63, 3.8) is 0 Å². The van der Waals surface area contributed by atoms with Gasteiger partial charge in [-0.15, -0.1) is 0 Å². The first-order chi connectivity index (χ1) is 8.59. The Hall–Kier alpha value is -1.16.